The van der Waals surface area contributed by atoms with Gasteiger partial charge in [0.05, 0.1) is 12.6 Å². The quantitative estimate of drug-likeness (QED) is 0.808. The number of para-hydroxylation sites is 1. The Labute approximate surface area is 109 Å². The molecule has 0 unspecified atom stereocenters. The largest absolute Gasteiger partial charge is 0.389 e. The number of carbonyl (C=O) groups is 1. The number of anilines is 1. The van der Waals surface area contributed by atoms with Gasteiger partial charge in [-0.1, -0.05) is 25.1 Å². The number of hydrogen-bond donors (Lipinski definition) is 2. The Morgan fingerprint density at radius 2 is 2.11 bits per heavy atom. The Morgan fingerprint density at radius 1 is 1.44 bits per heavy atom. The molecule has 0 aliphatic heterocycles. The summed E-state index contributed by atoms with van der Waals surface area (Å²) in [5, 5.41) is 12.5. The molecule has 0 spiro atoms. The third-order valence-electron chi connectivity index (χ3n) is 2.75. The van der Waals surface area contributed by atoms with E-state index in [1.54, 1.807) is 6.92 Å². The smallest absolute Gasteiger partial charge is 0.239 e. The fourth-order valence-electron chi connectivity index (χ4n) is 1.81. The zero-order valence-corrected chi connectivity index (χ0v) is 11.3. The first kappa shape index (κ1) is 14.5. The van der Waals surface area contributed by atoms with E-state index >= 15 is 0 Å². The highest BCUT2D eigenvalue weighted by Gasteiger charge is 2.13. The molecule has 0 aromatic heterocycles. The van der Waals surface area contributed by atoms with Crippen LogP contribution in [-0.4, -0.2) is 31.2 Å². The topological polar surface area (TPSA) is 52.6 Å². The number of nitrogens with zero attached hydrogens (tertiary/aromatic N) is 1. The maximum atomic E-state index is 11.7. The Balaban J connectivity index is 2.72. The molecule has 0 saturated heterocycles. The first-order valence-corrected chi connectivity index (χ1v) is 6.31. The molecule has 1 rings (SSSR count). The van der Waals surface area contributed by atoms with Crippen LogP contribution in [0, 0.1) is 0 Å². The van der Waals surface area contributed by atoms with Gasteiger partial charge >= 0.3 is 0 Å². The van der Waals surface area contributed by atoms with Crippen molar-refractivity contribution in [2.45, 2.75) is 26.4 Å². The van der Waals surface area contributed by atoms with Gasteiger partial charge in [0.15, 0.2) is 0 Å². The summed E-state index contributed by atoms with van der Waals surface area (Å²) in [6.07, 6.45) is 0.391. The third-order valence-corrected chi connectivity index (χ3v) is 2.75. The van der Waals surface area contributed by atoms with E-state index < -0.39 is 6.10 Å². The third kappa shape index (κ3) is 4.04. The molecule has 4 heteroatoms. The summed E-state index contributed by atoms with van der Waals surface area (Å²) in [7, 11) is 1.85. The van der Waals surface area contributed by atoms with E-state index in [1.807, 2.05) is 43.1 Å². The second-order valence-electron chi connectivity index (χ2n) is 4.44. The Morgan fingerprint density at radius 3 is 2.72 bits per heavy atom. The van der Waals surface area contributed by atoms with Crippen molar-refractivity contribution in [2.24, 2.45) is 0 Å². The molecule has 1 atom stereocenters. The number of likely N-dealkylation sites (N-methyl/N-ethyl adjacent to an activating group) is 1. The van der Waals surface area contributed by atoms with E-state index in [1.165, 1.54) is 0 Å². The average molecular weight is 250 g/mol. The fourth-order valence-corrected chi connectivity index (χ4v) is 1.81. The van der Waals surface area contributed by atoms with Gasteiger partial charge in [-0.15, -0.1) is 0 Å². The van der Waals surface area contributed by atoms with Gasteiger partial charge in [-0.05, 0) is 19.4 Å². The predicted octanol–water partition coefficient (Wildman–Crippen LogP) is 1.70. The van der Waals surface area contributed by atoms with Gasteiger partial charge < -0.3 is 15.3 Å². The van der Waals surface area contributed by atoms with Gasteiger partial charge in [0.2, 0.25) is 5.91 Å². The van der Waals surface area contributed by atoms with E-state index in [0.717, 1.165) is 17.7 Å². The van der Waals surface area contributed by atoms with Gasteiger partial charge in [0, 0.05) is 24.8 Å². The minimum Gasteiger partial charge on any atom is -0.389 e. The molecule has 1 aromatic rings. The molecule has 0 fully saturated rings. The van der Waals surface area contributed by atoms with Gasteiger partial charge in [0.1, 0.15) is 0 Å². The van der Waals surface area contributed by atoms with Crippen LogP contribution in [-0.2, 0) is 4.79 Å². The minimum atomic E-state index is -0.539. The summed E-state index contributed by atoms with van der Waals surface area (Å²) in [6, 6.07) is 7.58. The number of aliphatic hydroxyl groups excluding tert-OH is 1. The van der Waals surface area contributed by atoms with Crippen LogP contribution in [0.25, 0.3) is 0 Å². The van der Waals surface area contributed by atoms with Gasteiger partial charge in [0.25, 0.3) is 0 Å². The summed E-state index contributed by atoms with van der Waals surface area (Å²) in [5.74, 6) is -0.000235. The van der Waals surface area contributed by atoms with Crippen molar-refractivity contribution in [1.29, 1.82) is 0 Å². The van der Waals surface area contributed by atoms with E-state index in [0.29, 0.717) is 13.1 Å². The van der Waals surface area contributed by atoms with Crippen molar-refractivity contribution < 1.29 is 9.90 Å². The van der Waals surface area contributed by atoms with Crippen molar-refractivity contribution in [3.05, 3.63) is 29.8 Å². The van der Waals surface area contributed by atoms with Crippen molar-refractivity contribution >= 4 is 11.6 Å². The van der Waals surface area contributed by atoms with Gasteiger partial charge in [-0.2, -0.15) is 0 Å². The number of hydrogen-bond acceptors (Lipinski definition) is 3. The standard InChI is InChI=1S/C14H22N2O2/c1-4-9-15-14(18)10-16(3)13-8-6-5-7-12(13)11(2)17/h5-8,11,17H,4,9-10H2,1-3H3,(H,15,18)/t11-/m1/s1. The lowest BCUT2D eigenvalue weighted by Gasteiger charge is -2.23. The first-order valence-electron chi connectivity index (χ1n) is 6.31. The molecule has 0 heterocycles. The Hall–Kier alpha value is -1.55. The summed E-state index contributed by atoms with van der Waals surface area (Å²) in [5.41, 5.74) is 1.72. The van der Waals surface area contributed by atoms with Crippen LogP contribution in [0.4, 0.5) is 5.69 Å². The average Bonchev–Trinajstić information content (AvgIpc) is 2.36. The number of rotatable bonds is 6. The second kappa shape index (κ2) is 7.01. The number of amides is 1. The highest BCUT2D eigenvalue weighted by Crippen LogP contribution is 2.24. The van der Waals surface area contributed by atoms with Crippen molar-refractivity contribution in [3.63, 3.8) is 0 Å². The van der Waals surface area contributed by atoms with E-state index in [-0.39, 0.29) is 5.91 Å². The predicted molar refractivity (Wildman–Crippen MR) is 73.6 cm³/mol. The zero-order chi connectivity index (χ0) is 13.5. The number of nitrogens with one attached hydrogen (secondary N) is 1. The normalized spacial score (nSPS) is 12.0. The number of aliphatic hydroxyl groups is 1. The number of benzene rings is 1. The van der Waals surface area contributed by atoms with E-state index in [2.05, 4.69) is 5.32 Å². The lowest BCUT2D eigenvalue weighted by atomic mass is 10.1. The van der Waals surface area contributed by atoms with E-state index in [4.69, 9.17) is 0 Å². The highest BCUT2D eigenvalue weighted by atomic mass is 16.3. The second-order valence-corrected chi connectivity index (χ2v) is 4.44. The van der Waals surface area contributed by atoms with Gasteiger partial charge in [-0.3, -0.25) is 4.79 Å². The summed E-state index contributed by atoms with van der Waals surface area (Å²) in [4.78, 5) is 13.5. The Kier molecular flexibility index (Phi) is 5.65. The van der Waals surface area contributed by atoms with Crippen LogP contribution in [0.15, 0.2) is 24.3 Å². The molecule has 100 valence electrons. The van der Waals surface area contributed by atoms with Crippen LogP contribution in [0.2, 0.25) is 0 Å². The van der Waals surface area contributed by atoms with Crippen molar-refractivity contribution in [2.75, 3.05) is 25.0 Å². The maximum absolute atomic E-state index is 11.7. The molecule has 18 heavy (non-hydrogen) atoms. The first-order chi connectivity index (χ1) is 8.56. The molecule has 2 N–H and O–H groups in total. The van der Waals surface area contributed by atoms with Crippen LogP contribution in [0.5, 0.6) is 0 Å². The minimum absolute atomic E-state index is 0.000235. The molecule has 1 aromatic carbocycles. The number of carbonyl (C=O) groups excluding carboxylic acids is 1. The lowest BCUT2D eigenvalue weighted by Crippen LogP contribution is -2.35. The van der Waals surface area contributed by atoms with Crippen molar-refractivity contribution in [1.82, 2.24) is 5.32 Å². The SMILES string of the molecule is CCCNC(=O)CN(C)c1ccccc1[C@@H](C)O. The molecule has 0 saturated carbocycles. The van der Waals surface area contributed by atoms with Crippen LogP contribution >= 0.6 is 0 Å². The molecule has 0 radical (unpaired) electrons. The molecule has 0 bridgehead atoms. The molecule has 0 aliphatic carbocycles. The molecular weight excluding hydrogens is 228 g/mol. The maximum Gasteiger partial charge on any atom is 0.239 e. The Bertz CT molecular complexity index is 391. The van der Waals surface area contributed by atoms with Crippen LogP contribution < -0.4 is 10.2 Å². The van der Waals surface area contributed by atoms with E-state index in [9.17, 15) is 9.90 Å². The summed E-state index contributed by atoms with van der Waals surface area (Å²) >= 11 is 0. The highest BCUT2D eigenvalue weighted by molar-refractivity contribution is 5.81. The zero-order valence-electron chi connectivity index (χ0n) is 11.3. The molecular formula is C14H22N2O2. The summed E-state index contributed by atoms with van der Waals surface area (Å²) < 4.78 is 0. The summed E-state index contributed by atoms with van der Waals surface area (Å²) in [6.45, 7) is 4.74. The molecule has 1 amide bonds. The monoisotopic (exact) mass is 250 g/mol. The lowest BCUT2D eigenvalue weighted by molar-refractivity contribution is -0.119. The van der Waals surface area contributed by atoms with Crippen molar-refractivity contribution in [3.8, 4) is 0 Å². The van der Waals surface area contributed by atoms with Crippen LogP contribution in [0.1, 0.15) is 31.9 Å². The molecule has 0 aliphatic rings. The molecule has 4 nitrogen and oxygen atoms in total. The van der Waals surface area contributed by atoms with Gasteiger partial charge in [-0.25, -0.2) is 0 Å². The fraction of sp³-hybridized carbons (Fsp3) is 0.500. The van der Waals surface area contributed by atoms with Crippen LogP contribution in [0.3, 0.4) is 0 Å².